The quantitative estimate of drug-likeness (QED) is 0.416. The van der Waals surface area contributed by atoms with Gasteiger partial charge in [-0.05, 0) is 19.3 Å². The topological polar surface area (TPSA) is 18.5 Å². The monoisotopic (exact) mass is 174 g/mol. The van der Waals surface area contributed by atoms with Crippen molar-refractivity contribution in [2.75, 3.05) is 13.2 Å². The molecule has 74 valence electrons. The molecule has 0 saturated heterocycles. The summed E-state index contributed by atoms with van der Waals surface area (Å²) in [6.07, 6.45) is 4.35. The molecule has 0 spiro atoms. The molecule has 0 aliphatic carbocycles. The first kappa shape index (κ1) is 11.9. The van der Waals surface area contributed by atoms with E-state index in [2.05, 4.69) is 20.8 Å². The summed E-state index contributed by atoms with van der Waals surface area (Å²) in [5, 5.41) is 0. The molecule has 0 rings (SSSR count). The second-order valence-corrected chi connectivity index (χ2v) is 2.93. The van der Waals surface area contributed by atoms with Gasteiger partial charge in [0.25, 0.3) is 0 Å². The number of unbranched alkanes of at least 4 members (excludes halogenated alkanes) is 1. The van der Waals surface area contributed by atoms with Gasteiger partial charge in [-0.25, -0.2) is 0 Å². The maximum Gasteiger partial charge on any atom is 0.157 e. The van der Waals surface area contributed by atoms with Crippen LogP contribution in [0.1, 0.15) is 46.5 Å². The second kappa shape index (κ2) is 9.01. The Hall–Kier alpha value is -0.0800. The molecule has 0 aromatic heterocycles. The largest absolute Gasteiger partial charge is 0.353 e. The number of hydrogen-bond donors (Lipinski definition) is 0. The first-order valence-corrected chi connectivity index (χ1v) is 5.08. The maximum atomic E-state index is 5.51. The zero-order valence-electron chi connectivity index (χ0n) is 8.64. The Balaban J connectivity index is 3.26. The van der Waals surface area contributed by atoms with Crippen LogP contribution < -0.4 is 0 Å². The smallest absolute Gasteiger partial charge is 0.157 e. The fraction of sp³-hybridized carbons (Fsp3) is 1.00. The van der Waals surface area contributed by atoms with Gasteiger partial charge in [0, 0.05) is 13.2 Å². The van der Waals surface area contributed by atoms with E-state index in [0.717, 1.165) is 32.5 Å². The molecule has 0 aliphatic heterocycles. The van der Waals surface area contributed by atoms with Crippen molar-refractivity contribution in [3.8, 4) is 0 Å². The summed E-state index contributed by atoms with van der Waals surface area (Å²) < 4.78 is 11.0. The van der Waals surface area contributed by atoms with Crippen LogP contribution in [-0.4, -0.2) is 19.5 Å². The molecule has 0 amide bonds. The van der Waals surface area contributed by atoms with E-state index in [1.165, 1.54) is 6.42 Å². The lowest BCUT2D eigenvalue weighted by atomic mass is 10.3. The van der Waals surface area contributed by atoms with Crippen LogP contribution in [0.3, 0.4) is 0 Å². The van der Waals surface area contributed by atoms with Crippen molar-refractivity contribution in [2.24, 2.45) is 0 Å². The summed E-state index contributed by atoms with van der Waals surface area (Å²) in [4.78, 5) is 0. The highest BCUT2D eigenvalue weighted by Crippen LogP contribution is 2.02. The summed E-state index contributed by atoms with van der Waals surface area (Å²) >= 11 is 0. The van der Waals surface area contributed by atoms with E-state index in [-0.39, 0.29) is 6.29 Å². The zero-order valence-corrected chi connectivity index (χ0v) is 8.64. The van der Waals surface area contributed by atoms with Crippen molar-refractivity contribution in [1.82, 2.24) is 0 Å². The Labute approximate surface area is 76.3 Å². The van der Waals surface area contributed by atoms with Crippen molar-refractivity contribution in [2.45, 2.75) is 52.7 Å². The number of ether oxygens (including phenoxy) is 2. The van der Waals surface area contributed by atoms with E-state index in [4.69, 9.17) is 9.47 Å². The van der Waals surface area contributed by atoms with Gasteiger partial charge >= 0.3 is 0 Å². The third-order valence-corrected chi connectivity index (χ3v) is 1.64. The molecular weight excluding hydrogens is 152 g/mol. The average Bonchev–Trinajstić information content (AvgIpc) is 2.11. The van der Waals surface area contributed by atoms with Gasteiger partial charge < -0.3 is 9.47 Å². The Kier molecular flexibility index (Phi) is 8.95. The van der Waals surface area contributed by atoms with E-state index in [1.807, 2.05) is 0 Å². The third-order valence-electron chi connectivity index (χ3n) is 1.64. The molecule has 1 atom stereocenters. The van der Waals surface area contributed by atoms with Crippen LogP contribution >= 0.6 is 0 Å². The van der Waals surface area contributed by atoms with Gasteiger partial charge in [-0.1, -0.05) is 27.2 Å². The molecular formula is C10H22O2. The predicted molar refractivity (Wildman–Crippen MR) is 51.2 cm³/mol. The lowest BCUT2D eigenvalue weighted by Gasteiger charge is -2.15. The Morgan fingerprint density at radius 2 is 1.58 bits per heavy atom. The van der Waals surface area contributed by atoms with Crippen molar-refractivity contribution >= 4 is 0 Å². The Morgan fingerprint density at radius 3 is 2.08 bits per heavy atom. The molecule has 0 saturated carbocycles. The molecule has 0 aromatic carbocycles. The van der Waals surface area contributed by atoms with E-state index >= 15 is 0 Å². The van der Waals surface area contributed by atoms with Gasteiger partial charge in [0.1, 0.15) is 0 Å². The van der Waals surface area contributed by atoms with Gasteiger partial charge in [0.15, 0.2) is 6.29 Å². The first-order valence-electron chi connectivity index (χ1n) is 5.08. The van der Waals surface area contributed by atoms with Crippen molar-refractivity contribution in [3.05, 3.63) is 0 Å². The highest BCUT2D eigenvalue weighted by molar-refractivity contribution is 4.41. The van der Waals surface area contributed by atoms with Gasteiger partial charge in [0.05, 0.1) is 0 Å². The summed E-state index contributed by atoms with van der Waals surface area (Å²) in [5.41, 5.74) is 0. The summed E-state index contributed by atoms with van der Waals surface area (Å²) in [6, 6.07) is 0. The minimum Gasteiger partial charge on any atom is -0.353 e. The molecule has 0 radical (unpaired) electrons. The van der Waals surface area contributed by atoms with Gasteiger partial charge in [-0.3, -0.25) is 0 Å². The molecule has 0 aliphatic rings. The van der Waals surface area contributed by atoms with Crippen LogP contribution in [0.4, 0.5) is 0 Å². The fourth-order valence-electron chi connectivity index (χ4n) is 0.892. The van der Waals surface area contributed by atoms with Gasteiger partial charge in [0.2, 0.25) is 0 Å². The molecule has 1 unspecified atom stereocenters. The third kappa shape index (κ3) is 6.62. The standard InChI is InChI=1S/C10H22O2/c1-4-7-9-12-10(6-3)11-8-5-2/h10H,4-9H2,1-3H3. The number of hydrogen-bond acceptors (Lipinski definition) is 2. The molecule has 0 bridgehead atoms. The average molecular weight is 174 g/mol. The van der Waals surface area contributed by atoms with Crippen LogP contribution in [0.5, 0.6) is 0 Å². The molecule has 2 nitrogen and oxygen atoms in total. The Bertz CT molecular complexity index is 83.9. The summed E-state index contributed by atoms with van der Waals surface area (Å²) in [5.74, 6) is 0. The van der Waals surface area contributed by atoms with Crippen LogP contribution in [0.2, 0.25) is 0 Å². The number of rotatable bonds is 8. The lowest BCUT2D eigenvalue weighted by molar-refractivity contribution is -0.143. The van der Waals surface area contributed by atoms with E-state index in [1.54, 1.807) is 0 Å². The van der Waals surface area contributed by atoms with E-state index in [9.17, 15) is 0 Å². The second-order valence-electron chi connectivity index (χ2n) is 2.93. The fourth-order valence-corrected chi connectivity index (χ4v) is 0.892. The summed E-state index contributed by atoms with van der Waals surface area (Å²) in [7, 11) is 0. The predicted octanol–water partition coefficient (Wildman–Crippen LogP) is 2.97. The minimum atomic E-state index is 0.0245. The Morgan fingerprint density at radius 1 is 0.917 bits per heavy atom. The molecule has 0 N–H and O–H groups in total. The van der Waals surface area contributed by atoms with Crippen LogP contribution in [0, 0.1) is 0 Å². The highest BCUT2D eigenvalue weighted by Gasteiger charge is 2.04. The van der Waals surface area contributed by atoms with Crippen LogP contribution in [-0.2, 0) is 9.47 Å². The molecule has 0 heterocycles. The first-order chi connectivity index (χ1) is 5.85. The summed E-state index contributed by atoms with van der Waals surface area (Å²) in [6.45, 7) is 8.01. The molecule has 0 fully saturated rings. The van der Waals surface area contributed by atoms with Gasteiger partial charge in [-0.2, -0.15) is 0 Å². The SMILES string of the molecule is CCCCOC(CC)OCCC. The lowest BCUT2D eigenvalue weighted by Crippen LogP contribution is -2.17. The molecule has 2 heteroatoms. The van der Waals surface area contributed by atoms with Crippen molar-refractivity contribution in [1.29, 1.82) is 0 Å². The molecule has 0 aromatic rings. The maximum absolute atomic E-state index is 5.51. The van der Waals surface area contributed by atoms with E-state index < -0.39 is 0 Å². The van der Waals surface area contributed by atoms with Crippen molar-refractivity contribution < 1.29 is 9.47 Å². The normalized spacial score (nSPS) is 13.2. The van der Waals surface area contributed by atoms with Gasteiger partial charge in [-0.15, -0.1) is 0 Å². The van der Waals surface area contributed by atoms with E-state index in [0.29, 0.717) is 0 Å². The zero-order chi connectivity index (χ0) is 9.23. The highest BCUT2D eigenvalue weighted by atomic mass is 16.7. The van der Waals surface area contributed by atoms with Crippen LogP contribution in [0.25, 0.3) is 0 Å². The minimum absolute atomic E-state index is 0.0245. The van der Waals surface area contributed by atoms with Crippen molar-refractivity contribution in [3.63, 3.8) is 0 Å². The molecule has 12 heavy (non-hydrogen) atoms. The van der Waals surface area contributed by atoms with Crippen LogP contribution in [0.15, 0.2) is 0 Å².